The maximum atomic E-state index is 13.1. The molecule has 3 heteroatoms. The second-order valence-corrected chi connectivity index (χ2v) is 16.4. The van der Waals surface area contributed by atoms with E-state index in [-0.39, 0.29) is 39.1 Å². The number of carbonyl (C=O) groups excluding carboxylic acids is 1. The zero-order valence-corrected chi connectivity index (χ0v) is 26.1. The highest BCUT2D eigenvalue weighted by molar-refractivity contribution is 5.89. The normalized spacial score (nSPS) is 45.5. The van der Waals surface area contributed by atoms with Gasteiger partial charge >= 0.3 is 5.97 Å². The fraction of sp³-hybridized carbons (Fsp3) is 0.703. The molecular formula is C37H52O3. The molecule has 8 unspecified atom stereocenters. The molecule has 6 rings (SSSR count). The van der Waals surface area contributed by atoms with Crippen molar-refractivity contribution in [2.45, 2.75) is 112 Å². The maximum absolute atomic E-state index is 13.1. The van der Waals surface area contributed by atoms with Crippen molar-refractivity contribution < 1.29 is 14.6 Å². The van der Waals surface area contributed by atoms with Crippen LogP contribution in [0.1, 0.15) is 117 Å². The van der Waals surface area contributed by atoms with Gasteiger partial charge in [0, 0.05) is 12.0 Å². The van der Waals surface area contributed by atoms with Crippen LogP contribution in [0, 0.1) is 44.3 Å². The van der Waals surface area contributed by atoms with Crippen LogP contribution in [0.5, 0.6) is 0 Å². The number of fused-ring (bicyclic) bond motifs is 7. The van der Waals surface area contributed by atoms with E-state index in [9.17, 15) is 9.90 Å². The molecule has 218 valence electrons. The number of allylic oxidation sites excluding steroid dienone is 4. The lowest BCUT2D eigenvalue weighted by Gasteiger charge is -2.69. The fourth-order valence-corrected chi connectivity index (χ4v) is 10.8. The van der Waals surface area contributed by atoms with Gasteiger partial charge < -0.3 is 9.84 Å². The minimum Gasteiger partial charge on any atom is -0.458 e. The number of hydrogen-bond donors (Lipinski definition) is 1. The summed E-state index contributed by atoms with van der Waals surface area (Å²) >= 11 is 0. The smallest absolute Gasteiger partial charge is 0.338 e. The van der Waals surface area contributed by atoms with Crippen LogP contribution in [0.4, 0.5) is 0 Å². The van der Waals surface area contributed by atoms with Crippen molar-refractivity contribution in [3.8, 4) is 0 Å². The molecule has 0 saturated heterocycles. The summed E-state index contributed by atoms with van der Waals surface area (Å²) in [6, 6.07) is 9.46. The Morgan fingerprint density at radius 1 is 0.875 bits per heavy atom. The van der Waals surface area contributed by atoms with Crippen LogP contribution in [0.25, 0.3) is 0 Å². The van der Waals surface area contributed by atoms with Crippen molar-refractivity contribution in [1.82, 2.24) is 0 Å². The molecule has 1 aromatic carbocycles. The molecule has 40 heavy (non-hydrogen) atoms. The number of carbonyl (C=O) groups is 1. The first kappa shape index (κ1) is 28.3. The Morgan fingerprint density at radius 3 is 2.27 bits per heavy atom. The molecule has 8 atom stereocenters. The molecule has 1 aromatic rings. The first-order chi connectivity index (χ1) is 18.7. The van der Waals surface area contributed by atoms with Crippen LogP contribution in [0.2, 0.25) is 0 Å². The summed E-state index contributed by atoms with van der Waals surface area (Å²) in [5.41, 5.74) is 4.65. The van der Waals surface area contributed by atoms with Gasteiger partial charge in [0.2, 0.25) is 0 Å². The predicted octanol–water partition coefficient (Wildman–Crippen LogP) is 8.93. The van der Waals surface area contributed by atoms with Crippen LogP contribution >= 0.6 is 0 Å². The molecule has 0 amide bonds. The number of rotatable bonds is 3. The lowest BCUT2D eigenvalue weighted by Crippen LogP contribution is -2.61. The molecule has 3 nitrogen and oxygen atoms in total. The molecule has 0 heterocycles. The topological polar surface area (TPSA) is 46.5 Å². The van der Waals surface area contributed by atoms with Gasteiger partial charge in [0.25, 0.3) is 0 Å². The number of benzene rings is 1. The minimum atomic E-state index is -0.193. The molecule has 0 radical (unpaired) electrons. The van der Waals surface area contributed by atoms with Crippen LogP contribution < -0.4 is 0 Å². The highest BCUT2D eigenvalue weighted by atomic mass is 16.5. The van der Waals surface area contributed by atoms with Gasteiger partial charge in [-0.05, 0) is 120 Å². The van der Waals surface area contributed by atoms with Gasteiger partial charge in [-0.1, -0.05) is 78.8 Å². The van der Waals surface area contributed by atoms with E-state index in [0.717, 1.165) is 38.5 Å². The molecule has 3 fully saturated rings. The van der Waals surface area contributed by atoms with Gasteiger partial charge in [-0.15, -0.1) is 0 Å². The number of ether oxygens (including phenoxy) is 1. The monoisotopic (exact) mass is 544 g/mol. The number of aliphatic hydroxyl groups is 1. The van der Waals surface area contributed by atoms with Gasteiger partial charge in [0.05, 0.1) is 5.56 Å². The summed E-state index contributed by atoms with van der Waals surface area (Å²) in [5.74, 6) is 0.868. The summed E-state index contributed by atoms with van der Waals surface area (Å²) in [7, 11) is 0. The van der Waals surface area contributed by atoms with Gasteiger partial charge in [0.15, 0.2) is 0 Å². The van der Waals surface area contributed by atoms with Crippen molar-refractivity contribution in [1.29, 1.82) is 0 Å². The first-order valence-corrected chi connectivity index (χ1v) is 16.0. The third-order valence-electron chi connectivity index (χ3n) is 13.9. The maximum Gasteiger partial charge on any atom is 0.338 e. The number of esters is 1. The van der Waals surface area contributed by atoms with Gasteiger partial charge in [-0.25, -0.2) is 4.79 Å². The van der Waals surface area contributed by atoms with Crippen LogP contribution in [-0.2, 0) is 4.74 Å². The highest BCUT2D eigenvalue weighted by Crippen LogP contribution is 2.74. The Kier molecular flexibility index (Phi) is 6.40. The van der Waals surface area contributed by atoms with E-state index in [2.05, 4.69) is 60.6 Å². The zero-order chi connectivity index (χ0) is 28.8. The third-order valence-corrected chi connectivity index (χ3v) is 13.9. The summed E-state index contributed by atoms with van der Waals surface area (Å²) in [5, 5.41) is 10.4. The van der Waals surface area contributed by atoms with E-state index in [0.29, 0.717) is 29.4 Å². The Balaban J connectivity index is 1.32. The quantitative estimate of drug-likeness (QED) is 0.386. The van der Waals surface area contributed by atoms with Crippen LogP contribution in [-0.4, -0.2) is 23.8 Å². The van der Waals surface area contributed by atoms with E-state index < -0.39 is 0 Å². The second kappa shape index (κ2) is 9.06. The van der Waals surface area contributed by atoms with E-state index in [1.54, 1.807) is 11.1 Å². The molecule has 0 aromatic heterocycles. The lowest BCUT2D eigenvalue weighted by molar-refractivity contribution is -0.150. The van der Waals surface area contributed by atoms with Crippen molar-refractivity contribution in [3.05, 3.63) is 59.2 Å². The van der Waals surface area contributed by atoms with Crippen molar-refractivity contribution >= 4 is 5.97 Å². The summed E-state index contributed by atoms with van der Waals surface area (Å²) in [4.78, 5) is 13.1. The molecule has 0 bridgehead atoms. The largest absolute Gasteiger partial charge is 0.458 e. The zero-order valence-electron chi connectivity index (χ0n) is 26.1. The first-order valence-electron chi connectivity index (χ1n) is 16.0. The van der Waals surface area contributed by atoms with Crippen LogP contribution in [0.15, 0.2) is 53.6 Å². The van der Waals surface area contributed by atoms with E-state index in [1.807, 2.05) is 30.3 Å². The summed E-state index contributed by atoms with van der Waals surface area (Å²) < 4.78 is 6.25. The average Bonchev–Trinajstić information content (AvgIpc) is 2.93. The highest BCUT2D eigenvalue weighted by Gasteiger charge is 2.66. The molecule has 3 saturated carbocycles. The Morgan fingerprint density at radius 2 is 1.57 bits per heavy atom. The second-order valence-electron chi connectivity index (χ2n) is 16.4. The Labute approximate surface area is 242 Å². The SMILES string of the molecule is CC1(CO)CCC2(C)CCC3(C)C4=CCC5C(C)(CCC(OC(=O)c6ccccc6)C5(C)C)C4=CCC3(C)C2C1. The molecule has 0 spiro atoms. The number of aliphatic hydroxyl groups excluding tert-OH is 1. The van der Waals surface area contributed by atoms with Gasteiger partial charge in [0.1, 0.15) is 6.10 Å². The standard InChI is InChI=1S/C37H52O3/c1-32(2)28-14-13-27-26(35(28,5)17-16-30(32)40-31(39)25-11-9-8-10-12-25)15-18-37(7)29-23-33(3,24-38)19-20-34(29,4)21-22-36(27,37)6/h8-13,15,28-30,38H,14,16-24H2,1-7H3. The average molecular weight is 545 g/mol. The Bertz CT molecular complexity index is 1240. The number of hydrogen-bond acceptors (Lipinski definition) is 3. The molecule has 1 N–H and O–H groups in total. The Hall–Kier alpha value is -1.87. The van der Waals surface area contributed by atoms with Gasteiger partial charge in [-0.2, -0.15) is 0 Å². The lowest BCUT2D eigenvalue weighted by atomic mass is 9.36. The predicted molar refractivity (Wildman–Crippen MR) is 162 cm³/mol. The molecule has 5 aliphatic carbocycles. The molecule has 5 aliphatic rings. The molecular weight excluding hydrogens is 492 g/mol. The van der Waals surface area contributed by atoms with Gasteiger partial charge in [-0.3, -0.25) is 0 Å². The van der Waals surface area contributed by atoms with Crippen molar-refractivity contribution in [2.24, 2.45) is 44.3 Å². The van der Waals surface area contributed by atoms with Crippen LogP contribution in [0.3, 0.4) is 0 Å². The van der Waals surface area contributed by atoms with E-state index in [1.165, 1.54) is 19.3 Å². The van der Waals surface area contributed by atoms with Crippen molar-refractivity contribution in [3.63, 3.8) is 0 Å². The van der Waals surface area contributed by atoms with E-state index >= 15 is 0 Å². The molecule has 0 aliphatic heterocycles. The summed E-state index contributed by atoms with van der Waals surface area (Å²) in [6.07, 6.45) is 15.4. The summed E-state index contributed by atoms with van der Waals surface area (Å²) in [6.45, 7) is 17.6. The van der Waals surface area contributed by atoms with Crippen molar-refractivity contribution in [2.75, 3.05) is 6.61 Å². The minimum absolute atomic E-state index is 0.0487. The third kappa shape index (κ3) is 3.81. The van der Waals surface area contributed by atoms with E-state index in [4.69, 9.17) is 4.74 Å². The fourth-order valence-electron chi connectivity index (χ4n) is 10.8.